The lowest BCUT2D eigenvalue weighted by molar-refractivity contribution is -0.117. The second-order valence-corrected chi connectivity index (χ2v) is 5.59. The number of anilines is 1. The Labute approximate surface area is 116 Å². The van der Waals surface area contributed by atoms with Crippen molar-refractivity contribution in [1.82, 2.24) is 4.98 Å². The van der Waals surface area contributed by atoms with Crippen molar-refractivity contribution in [3.63, 3.8) is 0 Å². The topological polar surface area (TPSA) is 33.2 Å². The molecule has 0 saturated carbocycles. The van der Waals surface area contributed by atoms with Gasteiger partial charge >= 0.3 is 0 Å². The number of carbonyl (C=O) groups excluding carboxylic acids is 1. The summed E-state index contributed by atoms with van der Waals surface area (Å²) < 4.78 is 0. The molecule has 0 spiro atoms. The van der Waals surface area contributed by atoms with Crippen LogP contribution in [0.5, 0.6) is 0 Å². The number of halogens is 3. The van der Waals surface area contributed by atoms with Crippen LogP contribution in [-0.2, 0) is 4.79 Å². The SMILES string of the molecule is CC(C)(C)N(C(=O)CCl)c1cc(Cl)cc(Cl)n1. The summed E-state index contributed by atoms with van der Waals surface area (Å²) in [7, 11) is 0. The van der Waals surface area contributed by atoms with E-state index in [1.807, 2.05) is 20.8 Å². The second-order valence-electron chi connectivity index (χ2n) is 4.50. The molecule has 1 aromatic heterocycles. The predicted octanol–water partition coefficient (Wildman–Crippen LogP) is 3.76. The maximum atomic E-state index is 11.8. The first-order valence-corrected chi connectivity index (χ1v) is 6.27. The van der Waals surface area contributed by atoms with Crippen LogP contribution in [0.4, 0.5) is 5.82 Å². The van der Waals surface area contributed by atoms with Gasteiger partial charge in [0, 0.05) is 10.6 Å². The third-order valence-corrected chi connectivity index (χ3v) is 2.65. The number of aromatic nitrogens is 1. The Bertz CT molecular complexity index is 409. The zero-order chi connectivity index (χ0) is 13.2. The molecule has 1 rings (SSSR count). The molecule has 0 aliphatic heterocycles. The van der Waals surface area contributed by atoms with E-state index in [0.717, 1.165) is 0 Å². The Morgan fingerprint density at radius 1 is 1.35 bits per heavy atom. The van der Waals surface area contributed by atoms with Crippen LogP contribution in [0.1, 0.15) is 20.8 Å². The van der Waals surface area contributed by atoms with Crippen LogP contribution in [0.15, 0.2) is 12.1 Å². The molecule has 0 fully saturated rings. The van der Waals surface area contributed by atoms with Crippen LogP contribution in [-0.4, -0.2) is 22.3 Å². The summed E-state index contributed by atoms with van der Waals surface area (Å²) >= 11 is 17.3. The van der Waals surface area contributed by atoms with Gasteiger partial charge < -0.3 is 0 Å². The summed E-state index contributed by atoms with van der Waals surface area (Å²) in [5, 5.41) is 0.667. The normalized spacial score (nSPS) is 11.4. The number of rotatable bonds is 2. The fourth-order valence-corrected chi connectivity index (χ4v) is 2.05. The van der Waals surface area contributed by atoms with Crippen LogP contribution in [0.25, 0.3) is 0 Å². The first kappa shape index (κ1) is 14.6. The van der Waals surface area contributed by atoms with E-state index in [9.17, 15) is 4.79 Å². The van der Waals surface area contributed by atoms with Crippen LogP contribution >= 0.6 is 34.8 Å². The molecule has 1 aromatic rings. The molecule has 6 heteroatoms. The molecule has 0 aromatic carbocycles. The highest BCUT2D eigenvalue weighted by molar-refractivity contribution is 6.34. The van der Waals surface area contributed by atoms with E-state index in [0.29, 0.717) is 10.8 Å². The molecular weight excluding hydrogens is 282 g/mol. The second kappa shape index (κ2) is 5.42. The van der Waals surface area contributed by atoms with Crippen LogP contribution in [0.2, 0.25) is 10.2 Å². The van der Waals surface area contributed by atoms with Crippen LogP contribution in [0.3, 0.4) is 0 Å². The van der Waals surface area contributed by atoms with E-state index >= 15 is 0 Å². The summed E-state index contributed by atoms with van der Waals surface area (Å²) in [6.45, 7) is 5.65. The third kappa shape index (κ3) is 3.73. The van der Waals surface area contributed by atoms with Crippen molar-refractivity contribution in [2.75, 3.05) is 10.8 Å². The van der Waals surface area contributed by atoms with Gasteiger partial charge in [-0.1, -0.05) is 23.2 Å². The van der Waals surface area contributed by atoms with E-state index in [1.54, 1.807) is 6.07 Å². The Hall–Kier alpha value is -0.510. The summed E-state index contributed by atoms with van der Waals surface area (Å²) in [5.41, 5.74) is -0.451. The molecule has 1 heterocycles. The van der Waals surface area contributed by atoms with E-state index in [-0.39, 0.29) is 16.9 Å². The van der Waals surface area contributed by atoms with Gasteiger partial charge in [0.05, 0.1) is 0 Å². The Morgan fingerprint density at radius 2 is 1.94 bits per heavy atom. The highest BCUT2D eigenvalue weighted by atomic mass is 35.5. The van der Waals surface area contributed by atoms with Gasteiger partial charge in [0.25, 0.3) is 0 Å². The fourth-order valence-electron chi connectivity index (χ4n) is 1.47. The van der Waals surface area contributed by atoms with Crippen LogP contribution < -0.4 is 4.90 Å². The smallest absolute Gasteiger partial charge is 0.243 e. The van der Waals surface area contributed by atoms with Gasteiger partial charge in [0.15, 0.2) is 0 Å². The highest BCUT2D eigenvalue weighted by Crippen LogP contribution is 2.27. The molecule has 3 nitrogen and oxygen atoms in total. The van der Waals surface area contributed by atoms with Gasteiger partial charge in [0.1, 0.15) is 16.9 Å². The van der Waals surface area contributed by atoms with Gasteiger partial charge in [-0.2, -0.15) is 0 Å². The maximum Gasteiger partial charge on any atom is 0.243 e. The summed E-state index contributed by atoms with van der Waals surface area (Å²) in [5.74, 6) is 0.0361. The monoisotopic (exact) mass is 294 g/mol. The van der Waals surface area contributed by atoms with E-state index in [2.05, 4.69) is 4.98 Å². The lowest BCUT2D eigenvalue weighted by atomic mass is 10.1. The average molecular weight is 296 g/mol. The zero-order valence-corrected chi connectivity index (χ0v) is 12.1. The van der Waals surface area contributed by atoms with Crippen molar-refractivity contribution in [2.24, 2.45) is 0 Å². The Kier molecular flexibility index (Phi) is 4.64. The Morgan fingerprint density at radius 3 is 2.35 bits per heavy atom. The molecule has 0 bridgehead atoms. The first-order valence-electron chi connectivity index (χ1n) is 4.98. The molecule has 0 aliphatic rings. The number of carbonyl (C=O) groups is 1. The molecule has 0 N–H and O–H groups in total. The zero-order valence-electron chi connectivity index (χ0n) is 9.80. The van der Waals surface area contributed by atoms with E-state index < -0.39 is 5.54 Å². The fraction of sp³-hybridized carbons (Fsp3) is 0.455. The summed E-state index contributed by atoms with van der Waals surface area (Å²) in [6.07, 6.45) is 0. The van der Waals surface area contributed by atoms with Crippen molar-refractivity contribution in [3.05, 3.63) is 22.3 Å². The minimum absolute atomic E-state index is 0.122. The number of hydrogen-bond acceptors (Lipinski definition) is 2. The third-order valence-electron chi connectivity index (χ3n) is 2.01. The number of pyridine rings is 1. The highest BCUT2D eigenvalue weighted by Gasteiger charge is 2.28. The van der Waals surface area contributed by atoms with Gasteiger partial charge in [-0.15, -0.1) is 11.6 Å². The maximum absolute atomic E-state index is 11.8. The predicted molar refractivity (Wildman–Crippen MR) is 72.2 cm³/mol. The largest absolute Gasteiger partial charge is 0.290 e. The molecule has 17 heavy (non-hydrogen) atoms. The molecular formula is C11H13Cl3N2O. The minimum Gasteiger partial charge on any atom is -0.290 e. The number of nitrogens with zero attached hydrogens (tertiary/aromatic N) is 2. The number of amides is 1. The van der Waals surface area contributed by atoms with Crippen molar-refractivity contribution in [3.8, 4) is 0 Å². The van der Waals surface area contributed by atoms with E-state index in [1.165, 1.54) is 11.0 Å². The average Bonchev–Trinajstić information content (AvgIpc) is 2.13. The van der Waals surface area contributed by atoms with Gasteiger partial charge in [0.2, 0.25) is 5.91 Å². The van der Waals surface area contributed by atoms with E-state index in [4.69, 9.17) is 34.8 Å². The van der Waals surface area contributed by atoms with Gasteiger partial charge in [-0.3, -0.25) is 9.69 Å². The Balaban J connectivity index is 3.27. The number of alkyl halides is 1. The summed E-state index contributed by atoms with van der Waals surface area (Å²) in [6, 6.07) is 3.10. The molecule has 0 atom stereocenters. The molecule has 0 saturated heterocycles. The van der Waals surface area contributed by atoms with Crippen molar-refractivity contribution >= 4 is 46.5 Å². The van der Waals surface area contributed by atoms with Gasteiger partial charge in [-0.25, -0.2) is 4.98 Å². The molecule has 94 valence electrons. The van der Waals surface area contributed by atoms with Gasteiger partial charge in [-0.05, 0) is 32.9 Å². The quantitative estimate of drug-likeness (QED) is 0.615. The molecule has 0 radical (unpaired) electrons. The molecule has 1 amide bonds. The first-order chi connectivity index (χ1) is 7.75. The van der Waals surface area contributed by atoms with Crippen molar-refractivity contribution in [2.45, 2.75) is 26.3 Å². The van der Waals surface area contributed by atoms with Crippen molar-refractivity contribution in [1.29, 1.82) is 0 Å². The molecule has 0 aliphatic carbocycles. The van der Waals surface area contributed by atoms with Crippen molar-refractivity contribution < 1.29 is 4.79 Å². The van der Waals surface area contributed by atoms with Crippen LogP contribution in [0, 0.1) is 0 Å². The summed E-state index contributed by atoms with van der Waals surface area (Å²) in [4.78, 5) is 17.4. The number of hydrogen-bond donors (Lipinski definition) is 0. The minimum atomic E-state index is -0.451. The lowest BCUT2D eigenvalue weighted by Gasteiger charge is -2.34. The molecule has 0 unspecified atom stereocenters. The lowest BCUT2D eigenvalue weighted by Crippen LogP contribution is -2.47. The standard InChI is InChI=1S/C11H13Cl3N2O/c1-11(2,3)16(10(17)6-12)9-5-7(13)4-8(14)15-9/h4-5H,6H2,1-3H3.